The van der Waals surface area contributed by atoms with Crippen molar-refractivity contribution in [2.24, 2.45) is 0 Å². The number of thioether (sulfide) groups is 1. The summed E-state index contributed by atoms with van der Waals surface area (Å²) in [5.41, 5.74) is 0. The van der Waals surface area contributed by atoms with E-state index in [1.54, 1.807) is 6.07 Å². The van der Waals surface area contributed by atoms with Gasteiger partial charge >= 0.3 is 5.16 Å². The monoisotopic (exact) mass is 195 g/mol. The SMILES string of the molecule is CSc1nc(Cl)cc(Cl)[nH+]1. The number of aromatic amines is 1. The van der Waals surface area contributed by atoms with E-state index in [4.69, 9.17) is 23.2 Å². The molecule has 0 atom stereocenters. The lowest BCUT2D eigenvalue weighted by molar-refractivity contribution is -0.431. The minimum Gasteiger partial charge on any atom is -0.221 e. The van der Waals surface area contributed by atoms with Crippen molar-refractivity contribution in [1.29, 1.82) is 0 Å². The number of nitrogens with zero attached hydrogens (tertiary/aromatic N) is 1. The van der Waals surface area contributed by atoms with Crippen LogP contribution in [0, 0.1) is 0 Å². The second-order valence-electron chi connectivity index (χ2n) is 1.56. The first-order chi connectivity index (χ1) is 4.72. The Bertz CT molecular complexity index is 221. The molecule has 0 saturated carbocycles. The van der Waals surface area contributed by atoms with Gasteiger partial charge in [0, 0.05) is 0 Å². The molecule has 0 bridgehead atoms. The standard InChI is InChI=1S/C5H4Cl2N2S/c1-10-5-8-3(6)2-4(7)9-5/h2H,1H3/p+1. The average molecular weight is 196 g/mol. The van der Waals surface area contributed by atoms with Crippen LogP contribution >= 0.6 is 35.0 Å². The van der Waals surface area contributed by atoms with Crippen LogP contribution in [0.5, 0.6) is 0 Å². The Morgan fingerprint density at radius 1 is 1.60 bits per heavy atom. The highest BCUT2D eigenvalue weighted by Gasteiger charge is 2.07. The zero-order valence-corrected chi connectivity index (χ0v) is 7.52. The van der Waals surface area contributed by atoms with Crippen molar-refractivity contribution in [2.75, 3.05) is 6.26 Å². The highest BCUT2D eigenvalue weighted by molar-refractivity contribution is 7.98. The molecule has 0 amide bonds. The van der Waals surface area contributed by atoms with Crippen LogP contribution in [-0.4, -0.2) is 11.2 Å². The summed E-state index contributed by atoms with van der Waals surface area (Å²) < 4.78 is 0. The van der Waals surface area contributed by atoms with Crippen LogP contribution in [0.1, 0.15) is 0 Å². The quantitative estimate of drug-likeness (QED) is 0.389. The van der Waals surface area contributed by atoms with Crippen molar-refractivity contribution in [3.8, 4) is 0 Å². The maximum atomic E-state index is 5.64. The Hall–Kier alpha value is 0.01000. The predicted octanol–water partition coefficient (Wildman–Crippen LogP) is 1.92. The third-order valence-corrected chi connectivity index (χ3v) is 1.85. The first-order valence-corrected chi connectivity index (χ1v) is 4.50. The maximum absolute atomic E-state index is 5.64. The Morgan fingerprint density at radius 2 is 2.30 bits per heavy atom. The van der Waals surface area contributed by atoms with Crippen LogP contribution in [-0.2, 0) is 0 Å². The highest BCUT2D eigenvalue weighted by Crippen LogP contribution is 2.12. The zero-order chi connectivity index (χ0) is 7.56. The van der Waals surface area contributed by atoms with Crippen LogP contribution in [0.15, 0.2) is 11.2 Å². The Kier molecular flexibility index (Phi) is 2.77. The van der Waals surface area contributed by atoms with E-state index in [9.17, 15) is 0 Å². The fourth-order valence-electron chi connectivity index (χ4n) is 0.497. The van der Waals surface area contributed by atoms with E-state index in [-0.39, 0.29) is 0 Å². The van der Waals surface area contributed by atoms with Crippen molar-refractivity contribution in [3.05, 3.63) is 16.4 Å². The fraction of sp³-hybridized carbons (Fsp3) is 0.200. The van der Waals surface area contributed by atoms with Gasteiger partial charge in [-0.3, -0.25) is 0 Å². The molecule has 0 aliphatic heterocycles. The predicted molar refractivity (Wildman–Crippen MR) is 42.6 cm³/mol. The molecule has 0 aromatic carbocycles. The lowest BCUT2D eigenvalue weighted by atomic mass is 10.7. The van der Waals surface area contributed by atoms with Crippen LogP contribution < -0.4 is 4.98 Å². The van der Waals surface area contributed by atoms with Crippen LogP contribution in [0.3, 0.4) is 0 Å². The minimum absolute atomic E-state index is 0.410. The molecule has 1 rings (SSSR count). The summed E-state index contributed by atoms with van der Waals surface area (Å²) in [4.78, 5) is 6.77. The molecule has 1 N–H and O–H groups in total. The molecule has 0 unspecified atom stereocenters. The molecule has 0 aliphatic rings. The smallest absolute Gasteiger partial charge is 0.221 e. The summed E-state index contributed by atoms with van der Waals surface area (Å²) in [6.07, 6.45) is 1.89. The largest absolute Gasteiger partial charge is 0.359 e. The van der Waals surface area contributed by atoms with E-state index in [1.807, 2.05) is 6.26 Å². The zero-order valence-electron chi connectivity index (χ0n) is 5.19. The molecule has 0 fully saturated rings. The Labute approximate surface area is 73.0 Å². The molecule has 0 aliphatic carbocycles. The molecule has 0 saturated heterocycles. The molecule has 1 aromatic heterocycles. The number of nitrogens with one attached hydrogen (secondary N) is 1. The van der Waals surface area contributed by atoms with Crippen molar-refractivity contribution in [1.82, 2.24) is 4.98 Å². The van der Waals surface area contributed by atoms with Crippen LogP contribution in [0.2, 0.25) is 10.3 Å². The van der Waals surface area contributed by atoms with Crippen molar-refractivity contribution in [2.45, 2.75) is 5.16 Å². The van der Waals surface area contributed by atoms with Crippen LogP contribution in [0.4, 0.5) is 0 Å². The van der Waals surface area contributed by atoms with Crippen molar-refractivity contribution in [3.63, 3.8) is 0 Å². The van der Waals surface area contributed by atoms with E-state index >= 15 is 0 Å². The highest BCUT2D eigenvalue weighted by atomic mass is 35.5. The Morgan fingerprint density at radius 3 is 2.80 bits per heavy atom. The number of rotatable bonds is 1. The van der Waals surface area contributed by atoms with E-state index in [1.165, 1.54) is 11.8 Å². The van der Waals surface area contributed by atoms with Gasteiger partial charge in [-0.2, -0.15) is 0 Å². The van der Waals surface area contributed by atoms with Crippen molar-refractivity contribution >= 4 is 35.0 Å². The molecule has 54 valence electrons. The topological polar surface area (TPSA) is 27.0 Å². The van der Waals surface area contributed by atoms with Gasteiger partial charge in [0.1, 0.15) is 0 Å². The number of halogens is 2. The maximum Gasteiger partial charge on any atom is 0.359 e. The molecule has 1 heterocycles. The number of H-pyrrole nitrogens is 1. The molecule has 0 radical (unpaired) electrons. The first kappa shape index (κ1) is 8.11. The second kappa shape index (κ2) is 3.42. The van der Waals surface area contributed by atoms with E-state index in [0.717, 1.165) is 5.16 Å². The third-order valence-electron chi connectivity index (χ3n) is 0.874. The molecular formula is C5H5Cl2N2S+. The molecule has 10 heavy (non-hydrogen) atoms. The fourth-order valence-corrected chi connectivity index (χ4v) is 1.45. The number of aromatic nitrogens is 2. The van der Waals surface area contributed by atoms with E-state index in [2.05, 4.69) is 9.97 Å². The summed E-state index contributed by atoms with van der Waals surface area (Å²) in [5, 5.41) is 1.63. The van der Waals surface area contributed by atoms with Crippen molar-refractivity contribution < 1.29 is 4.98 Å². The molecule has 1 aromatic rings. The summed E-state index contributed by atoms with van der Waals surface area (Å²) in [7, 11) is 0. The normalized spacial score (nSPS) is 9.90. The Balaban J connectivity index is 3.06. The lowest BCUT2D eigenvalue weighted by Gasteiger charge is -1.86. The minimum atomic E-state index is 0.410. The van der Waals surface area contributed by atoms with Gasteiger partial charge in [0.05, 0.1) is 6.07 Å². The summed E-state index contributed by atoms with van der Waals surface area (Å²) in [5.74, 6) is 0. The van der Waals surface area contributed by atoms with Gasteiger partial charge in [0.2, 0.25) is 5.15 Å². The van der Waals surface area contributed by atoms with Gasteiger partial charge in [-0.25, -0.2) is 4.98 Å². The van der Waals surface area contributed by atoms with Gasteiger partial charge in [-0.1, -0.05) is 0 Å². The molecule has 2 nitrogen and oxygen atoms in total. The number of hydrogen-bond donors (Lipinski definition) is 0. The molecule has 0 spiro atoms. The van der Waals surface area contributed by atoms with Gasteiger partial charge in [-0.15, -0.1) is 0 Å². The summed E-state index contributed by atoms with van der Waals surface area (Å²) >= 11 is 12.7. The van der Waals surface area contributed by atoms with E-state index < -0.39 is 0 Å². The van der Waals surface area contributed by atoms with Gasteiger partial charge in [0.25, 0.3) is 0 Å². The van der Waals surface area contributed by atoms with Gasteiger partial charge in [-0.05, 0) is 46.2 Å². The summed E-state index contributed by atoms with van der Waals surface area (Å²) in [6.45, 7) is 0. The van der Waals surface area contributed by atoms with Gasteiger partial charge in [0.15, 0.2) is 5.15 Å². The van der Waals surface area contributed by atoms with E-state index in [0.29, 0.717) is 10.3 Å². The van der Waals surface area contributed by atoms with Gasteiger partial charge < -0.3 is 0 Å². The third kappa shape index (κ3) is 2.01. The lowest BCUT2D eigenvalue weighted by Crippen LogP contribution is -2.09. The molecule has 5 heteroatoms. The number of hydrogen-bond acceptors (Lipinski definition) is 2. The second-order valence-corrected chi connectivity index (χ2v) is 3.15. The average Bonchev–Trinajstić information content (AvgIpc) is 1.85. The van der Waals surface area contributed by atoms with Crippen LogP contribution in [0.25, 0.3) is 0 Å². The summed E-state index contributed by atoms with van der Waals surface area (Å²) in [6, 6.07) is 1.56. The first-order valence-electron chi connectivity index (χ1n) is 2.51. The molecular weight excluding hydrogens is 191 g/mol.